The highest BCUT2D eigenvalue weighted by Gasteiger charge is 2.27. The SMILES string of the molecule is Cc1cc2c(c([C@@H]3COCCN3)c1)CN(C(=O)c1cnn(C)c1)CC2. The lowest BCUT2D eigenvalue weighted by atomic mass is 9.89. The molecule has 6 heteroatoms. The highest BCUT2D eigenvalue weighted by atomic mass is 16.5. The van der Waals surface area contributed by atoms with Crippen LogP contribution in [0.1, 0.15) is 38.7 Å². The Bertz CT molecular complexity index is 793. The zero-order valence-corrected chi connectivity index (χ0v) is 14.8. The average molecular weight is 340 g/mol. The third-order valence-electron chi connectivity index (χ3n) is 5.06. The van der Waals surface area contributed by atoms with Crippen molar-refractivity contribution in [3.63, 3.8) is 0 Å². The van der Waals surface area contributed by atoms with Crippen LogP contribution in [0.15, 0.2) is 24.5 Å². The van der Waals surface area contributed by atoms with E-state index in [-0.39, 0.29) is 11.9 Å². The molecule has 0 saturated carbocycles. The van der Waals surface area contributed by atoms with Gasteiger partial charge in [0, 0.05) is 32.9 Å². The van der Waals surface area contributed by atoms with Crippen molar-refractivity contribution in [2.45, 2.75) is 25.9 Å². The molecule has 1 saturated heterocycles. The van der Waals surface area contributed by atoms with Gasteiger partial charge in [-0.3, -0.25) is 9.48 Å². The number of aromatic nitrogens is 2. The Morgan fingerprint density at radius 2 is 2.28 bits per heavy atom. The summed E-state index contributed by atoms with van der Waals surface area (Å²) < 4.78 is 7.33. The molecule has 2 aliphatic rings. The highest BCUT2D eigenvalue weighted by molar-refractivity contribution is 5.93. The van der Waals surface area contributed by atoms with Crippen LogP contribution in [0.25, 0.3) is 0 Å². The van der Waals surface area contributed by atoms with E-state index in [9.17, 15) is 4.79 Å². The Morgan fingerprint density at radius 3 is 3.00 bits per heavy atom. The number of nitrogens with one attached hydrogen (secondary N) is 1. The van der Waals surface area contributed by atoms with Crippen molar-refractivity contribution in [1.29, 1.82) is 0 Å². The highest BCUT2D eigenvalue weighted by Crippen LogP contribution is 2.30. The number of ether oxygens (including phenoxy) is 1. The molecule has 6 nitrogen and oxygen atoms in total. The van der Waals surface area contributed by atoms with Gasteiger partial charge in [0.15, 0.2) is 0 Å². The van der Waals surface area contributed by atoms with E-state index >= 15 is 0 Å². The lowest BCUT2D eigenvalue weighted by Crippen LogP contribution is -2.39. The topological polar surface area (TPSA) is 59.4 Å². The lowest BCUT2D eigenvalue weighted by molar-refractivity contribution is 0.0715. The Hall–Kier alpha value is -2.18. The summed E-state index contributed by atoms with van der Waals surface area (Å²) in [6, 6.07) is 4.70. The van der Waals surface area contributed by atoms with Crippen LogP contribution in [-0.4, -0.2) is 46.9 Å². The van der Waals surface area contributed by atoms with Crippen molar-refractivity contribution >= 4 is 5.91 Å². The molecule has 2 aliphatic heterocycles. The fourth-order valence-electron chi connectivity index (χ4n) is 3.83. The van der Waals surface area contributed by atoms with Crippen LogP contribution in [0, 0.1) is 6.92 Å². The number of morpholine rings is 1. The molecule has 3 heterocycles. The normalized spacial score (nSPS) is 20.4. The van der Waals surface area contributed by atoms with Crippen LogP contribution in [0.2, 0.25) is 0 Å². The molecule has 1 fully saturated rings. The summed E-state index contributed by atoms with van der Waals surface area (Å²) in [7, 11) is 1.83. The van der Waals surface area contributed by atoms with Crippen molar-refractivity contribution in [2.75, 3.05) is 26.3 Å². The summed E-state index contributed by atoms with van der Waals surface area (Å²) in [6.07, 6.45) is 4.32. The van der Waals surface area contributed by atoms with Crippen molar-refractivity contribution < 1.29 is 9.53 Å². The fourth-order valence-corrected chi connectivity index (χ4v) is 3.83. The Kier molecular flexibility index (Phi) is 4.31. The van der Waals surface area contributed by atoms with Crippen LogP contribution >= 0.6 is 0 Å². The molecule has 0 aliphatic carbocycles. The van der Waals surface area contributed by atoms with Crippen LogP contribution < -0.4 is 5.32 Å². The van der Waals surface area contributed by atoms with E-state index in [1.165, 1.54) is 22.3 Å². The molecule has 1 N–H and O–H groups in total. The monoisotopic (exact) mass is 340 g/mol. The number of carbonyl (C=O) groups excluding carboxylic acids is 1. The van der Waals surface area contributed by atoms with Gasteiger partial charge in [-0.2, -0.15) is 5.10 Å². The lowest BCUT2D eigenvalue weighted by Gasteiger charge is -2.34. The first-order valence-electron chi connectivity index (χ1n) is 8.83. The number of amides is 1. The van der Waals surface area contributed by atoms with Gasteiger partial charge in [-0.05, 0) is 30.0 Å². The first-order valence-corrected chi connectivity index (χ1v) is 8.83. The van der Waals surface area contributed by atoms with Gasteiger partial charge in [0.2, 0.25) is 0 Å². The van der Waals surface area contributed by atoms with E-state index in [0.29, 0.717) is 18.7 Å². The molecule has 0 radical (unpaired) electrons. The number of hydrogen-bond acceptors (Lipinski definition) is 4. The summed E-state index contributed by atoms with van der Waals surface area (Å²) >= 11 is 0. The van der Waals surface area contributed by atoms with Gasteiger partial charge in [0.05, 0.1) is 31.0 Å². The quantitative estimate of drug-likeness (QED) is 0.902. The van der Waals surface area contributed by atoms with Crippen LogP contribution in [0.3, 0.4) is 0 Å². The van der Waals surface area contributed by atoms with E-state index in [1.54, 1.807) is 17.1 Å². The van der Waals surface area contributed by atoms with Gasteiger partial charge in [-0.15, -0.1) is 0 Å². The second kappa shape index (κ2) is 6.61. The minimum absolute atomic E-state index is 0.0538. The number of rotatable bonds is 2. The summed E-state index contributed by atoms with van der Waals surface area (Å²) in [4.78, 5) is 14.7. The average Bonchev–Trinajstić information content (AvgIpc) is 3.07. The van der Waals surface area contributed by atoms with Crippen LogP contribution in [0.5, 0.6) is 0 Å². The first-order chi connectivity index (χ1) is 12.1. The summed E-state index contributed by atoms with van der Waals surface area (Å²) in [5.41, 5.74) is 5.83. The predicted molar refractivity (Wildman–Crippen MR) is 94.4 cm³/mol. The molecule has 0 bridgehead atoms. The molecule has 4 rings (SSSR count). The molecule has 132 valence electrons. The van der Waals surface area contributed by atoms with Gasteiger partial charge in [-0.1, -0.05) is 17.7 Å². The molecule has 0 spiro atoms. The van der Waals surface area contributed by atoms with Crippen molar-refractivity contribution in [2.24, 2.45) is 7.05 Å². The zero-order chi connectivity index (χ0) is 17.4. The standard InChI is InChI=1S/C19H24N4O2/c1-13-7-14-3-5-23(19(24)15-9-21-22(2)10-15)11-17(14)16(8-13)18-12-25-6-4-20-18/h7-10,18,20H,3-6,11-12H2,1-2H3/t18-/m0/s1. The van der Waals surface area contributed by atoms with Crippen molar-refractivity contribution in [3.8, 4) is 0 Å². The maximum Gasteiger partial charge on any atom is 0.257 e. The Morgan fingerprint density at radius 1 is 1.40 bits per heavy atom. The third-order valence-corrected chi connectivity index (χ3v) is 5.06. The molecule has 2 aromatic rings. The number of aryl methyl sites for hydroxylation is 2. The maximum absolute atomic E-state index is 12.8. The summed E-state index contributed by atoms with van der Waals surface area (Å²) in [5.74, 6) is 0.0538. The largest absolute Gasteiger partial charge is 0.378 e. The molecule has 25 heavy (non-hydrogen) atoms. The van der Waals surface area contributed by atoms with Gasteiger partial charge >= 0.3 is 0 Å². The third kappa shape index (κ3) is 3.19. The zero-order valence-electron chi connectivity index (χ0n) is 14.8. The van der Waals surface area contributed by atoms with Crippen LogP contribution in [0.4, 0.5) is 0 Å². The van der Waals surface area contributed by atoms with Crippen LogP contribution in [-0.2, 0) is 24.8 Å². The molecule has 1 atom stereocenters. The maximum atomic E-state index is 12.8. The first kappa shape index (κ1) is 16.3. The summed E-state index contributed by atoms with van der Waals surface area (Å²) in [5, 5.41) is 7.67. The van der Waals surface area contributed by atoms with Gasteiger partial charge in [0.1, 0.15) is 0 Å². The Balaban J connectivity index is 1.64. The molecule has 1 aromatic carbocycles. The van der Waals surface area contributed by atoms with Gasteiger partial charge in [0.25, 0.3) is 5.91 Å². The molecule has 0 unspecified atom stereocenters. The number of fused-ring (bicyclic) bond motifs is 1. The van der Waals surface area contributed by atoms with E-state index in [4.69, 9.17) is 4.74 Å². The number of hydrogen-bond donors (Lipinski definition) is 1. The van der Waals surface area contributed by atoms with E-state index in [0.717, 1.165) is 26.1 Å². The fraction of sp³-hybridized carbons (Fsp3) is 0.474. The molecular weight excluding hydrogens is 316 g/mol. The van der Waals surface area contributed by atoms with Crippen molar-refractivity contribution in [1.82, 2.24) is 20.0 Å². The summed E-state index contributed by atoms with van der Waals surface area (Å²) in [6.45, 7) is 5.85. The van der Waals surface area contributed by atoms with Crippen molar-refractivity contribution in [3.05, 3.63) is 52.3 Å². The van der Waals surface area contributed by atoms with E-state index in [1.807, 2.05) is 11.9 Å². The molecule has 1 aromatic heterocycles. The van der Waals surface area contributed by atoms with E-state index < -0.39 is 0 Å². The second-order valence-corrected chi connectivity index (χ2v) is 6.95. The number of nitrogens with zero attached hydrogens (tertiary/aromatic N) is 3. The minimum atomic E-state index is 0.0538. The Labute approximate surface area is 147 Å². The predicted octanol–water partition coefficient (Wildman–Crippen LogP) is 1.59. The second-order valence-electron chi connectivity index (χ2n) is 6.95. The number of carbonyl (C=O) groups is 1. The smallest absolute Gasteiger partial charge is 0.257 e. The minimum Gasteiger partial charge on any atom is -0.378 e. The molecule has 1 amide bonds. The van der Waals surface area contributed by atoms with E-state index in [2.05, 4.69) is 29.5 Å². The van der Waals surface area contributed by atoms with Gasteiger partial charge in [-0.25, -0.2) is 0 Å². The molecular formula is C19H24N4O2. The van der Waals surface area contributed by atoms with Gasteiger partial charge < -0.3 is 15.0 Å². The number of benzene rings is 1.